The number of methoxy groups -OCH3 is 1. The van der Waals surface area contributed by atoms with Gasteiger partial charge in [-0.3, -0.25) is 4.79 Å². The maximum absolute atomic E-state index is 13.0. The Morgan fingerprint density at radius 3 is 3.14 bits per heavy atom. The molecule has 2 unspecified atom stereocenters. The van der Waals surface area contributed by atoms with Crippen molar-refractivity contribution in [3.05, 3.63) is 28.8 Å². The Hall–Kier alpha value is -1.54. The molecule has 112 valence electrons. The highest BCUT2D eigenvalue weighted by atomic mass is 32.1. The Kier molecular flexibility index (Phi) is 3.90. The second-order valence-electron chi connectivity index (χ2n) is 4.90. The van der Waals surface area contributed by atoms with E-state index in [0.717, 1.165) is 0 Å². The van der Waals surface area contributed by atoms with Crippen LogP contribution in [0.1, 0.15) is 22.5 Å². The molecule has 0 saturated carbocycles. The summed E-state index contributed by atoms with van der Waals surface area (Å²) in [6.07, 6.45) is 1.87. The molecule has 0 spiro atoms. The molecule has 1 aliphatic heterocycles. The molecule has 0 amide bonds. The van der Waals surface area contributed by atoms with Crippen LogP contribution in [0.25, 0.3) is 11.5 Å². The molecule has 1 fully saturated rings. The summed E-state index contributed by atoms with van der Waals surface area (Å²) >= 11 is 1.28. The average molecular weight is 308 g/mol. The molecule has 3 heterocycles. The molecule has 7 heteroatoms. The van der Waals surface area contributed by atoms with Crippen LogP contribution in [0.4, 0.5) is 0 Å². The molecule has 3 rings (SSSR count). The lowest BCUT2D eigenvalue weighted by molar-refractivity contribution is -0.0980. The number of furan rings is 1. The lowest BCUT2D eigenvalue weighted by atomic mass is 9.86. The highest BCUT2D eigenvalue weighted by molar-refractivity contribution is 7.12. The van der Waals surface area contributed by atoms with Crippen LogP contribution in [0.15, 0.2) is 28.3 Å². The number of thiazole rings is 1. The highest BCUT2D eigenvalue weighted by Crippen LogP contribution is 2.35. The number of carbonyl (C=O) groups is 1. The van der Waals surface area contributed by atoms with Crippen molar-refractivity contribution in [3.63, 3.8) is 0 Å². The Balaban J connectivity index is 1.96. The zero-order valence-corrected chi connectivity index (χ0v) is 12.4. The molecule has 21 heavy (non-hydrogen) atoms. The first-order valence-corrected chi connectivity index (χ1v) is 7.49. The summed E-state index contributed by atoms with van der Waals surface area (Å²) in [5.41, 5.74) is 7.05. The zero-order valence-electron chi connectivity index (χ0n) is 11.6. The maximum atomic E-state index is 13.0. The average Bonchev–Trinajstić information content (AvgIpc) is 3.16. The number of rotatable bonds is 4. The third-order valence-corrected chi connectivity index (χ3v) is 4.53. The Bertz CT molecular complexity index is 625. The van der Waals surface area contributed by atoms with Crippen molar-refractivity contribution in [1.29, 1.82) is 0 Å². The summed E-state index contributed by atoms with van der Waals surface area (Å²) < 4.78 is 16.2. The van der Waals surface area contributed by atoms with Crippen molar-refractivity contribution < 1.29 is 18.7 Å². The van der Waals surface area contributed by atoms with Gasteiger partial charge in [0, 0.05) is 20.0 Å². The number of ketones is 1. The van der Waals surface area contributed by atoms with Gasteiger partial charge in [0.25, 0.3) is 0 Å². The zero-order chi connectivity index (χ0) is 14.9. The fraction of sp³-hybridized carbons (Fsp3) is 0.429. The van der Waals surface area contributed by atoms with Crippen molar-refractivity contribution in [2.75, 3.05) is 13.7 Å². The summed E-state index contributed by atoms with van der Waals surface area (Å²) in [5, 5.41) is 0. The van der Waals surface area contributed by atoms with Crippen LogP contribution in [0, 0.1) is 0 Å². The molecular weight excluding hydrogens is 292 g/mol. The van der Waals surface area contributed by atoms with Gasteiger partial charge < -0.3 is 19.6 Å². The summed E-state index contributed by atoms with van der Waals surface area (Å²) in [6.45, 7) is 0.398. The third-order valence-electron chi connectivity index (χ3n) is 3.70. The second kappa shape index (κ2) is 5.69. The summed E-state index contributed by atoms with van der Waals surface area (Å²) in [5.74, 6) is 0.458. The van der Waals surface area contributed by atoms with Gasteiger partial charge in [-0.05, 0) is 12.1 Å². The predicted molar refractivity (Wildman–Crippen MR) is 77.0 cm³/mol. The van der Waals surface area contributed by atoms with E-state index in [9.17, 15) is 4.79 Å². The summed E-state index contributed by atoms with van der Waals surface area (Å²) in [7, 11) is 1.53. The fourth-order valence-corrected chi connectivity index (χ4v) is 3.37. The second-order valence-corrected chi connectivity index (χ2v) is 5.75. The molecule has 2 aromatic heterocycles. The van der Waals surface area contributed by atoms with Gasteiger partial charge >= 0.3 is 0 Å². The standard InChI is InChI=1S/C14H16N2O4S/c1-18-14(4-6-20-10(15)7-14)13(17)12-11(16-8-21-12)9-3-2-5-19-9/h2-3,5,8,10H,4,6-7,15H2,1H3. The van der Waals surface area contributed by atoms with Crippen molar-refractivity contribution in [2.45, 2.75) is 24.7 Å². The van der Waals surface area contributed by atoms with Gasteiger partial charge in [0.2, 0.25) is 5.78 Å². The summed E-state index contributed by atoms with van der Waals surface area (Å²) in [4.78, 5) is 17.7. The number of Topliss-reactive ketones (excluding diaryl/α,β-unsaturated/α-hetero) is 1. The topological polar surface area (TPSA) is 87.6 Å². The van der Waals surface area contributed by atoms with Gasteiger partial charge in [-0.25, -0.2) is 4.98 Å². The Morgan fingerprint density at radius 1 is 1.62 bits per heavy atom. The van der Waals surface area contributed by atoms with Crippen LogP contribution in [-0.2, 0) is 9.47 Å². The molecule has 6 nitrogen and oxygen atoms in total. The van der Waals surface area contributed by atoms with Gasteiger partial charge in [-0.15, -0.1) is 11.3 Å². The van der Waals surface area contributed by atoms with E-state index in [2.05, 4.69) is 4.98 Å². The minimum atomic E-state index is -0.953. The van der Waals surface area contributed by atoms with Gasteiger partial charge in [0.05, 0.1) is 18.4 Å². The smallest absolute Gasteiger partial charge is 0.207 e. The van der Waals surface area contributed by atoms with Crippen molar-refractivity contribution in [3.8, 4) is 11.5 Å². The number of hydrogen-bond donors (Lipinski definition) is 1. The number of ether oxygens (including phenoxy) is 2. The quantitative estimate of drug-likeness (QED) is 0.870. The number of hydrogen-bond acceptors (Lipinski definition) is 7. The lowest BCUT2D eigenvalue weighted by Crippen LogP contribution is -2.51. The van der Waals surface area contributed by atoms with E-state index in [1.807, 2.05) is 0 Å². The predicted octanol–water partition coefficient (Wildman–Crippen LogP) is 2.07. The highest BCUT2D eigenvalue weighted by Gasteiger charge is 2.45. The van der Waals surface area contributed by atoms with Crippen LogP contribution in [0.5, 0.6) is 0 Å². The minimum absolute atomic E-state index is 0.113. The molecule has 1 aliphatic rings. The van der Waals surface area contributed by atoms with Crippen LogP contribution >= 0.6 is 11.3 Å². The molecule has 0 bridgehead atoms. The molecule has 2 N–H and O–H groups in total. The number of carbonyl (C=O) groups excluding carboxylic acids is 1. The Labute approximate surface area is 125 Å². The van der Waals surface area contributed by atoms with E-state index in [1.54, 1.807) is 23.9 Å². The molecule has 2 aromatic rings. The molecule has 0 aromatic carbocycles. The summed E-state index contributed by atoms with van der Waals surface area (Å²) in [6, 6.07) is 3.54. The van der Waals surface area contributed by atoms with Gasteiger partial charge in [0.1, 0.15) is 22.4 Å². The van der Waals surface area contributed by atoms with Crippen LogP contribution in [-0.4, -0.2) is 36.3 Å². The van der Waals surface area contributed by atoms with E-state index >= 15 is 0 Å². The van der Waals surface area contributed by atoms with E-state index in [1.165, 1.54) is 18.4 Å². The maximum Gasteiger partial charge on any atom is 0.207 e. The van der Waals surface area contributed by atoms with Crippen LogP contribution in [0.2, 0.25) is 0 Å². The van der Waals surface area contributed by atoms with Crippen molar-refractivity contribution >= 4 is 17.1 Å². The monoisotopic (exact) mass is 308 g/mol. The lowest BCUT2D eigenvalue weighted by Gasteiger charge is -2.36. The van der Waals surface area contributed by atoms with Gasteiger partial charge in [-0.1, -0.05) is 0 Å². The Morgan fingerprint density at radius 2 is 2.48 bits per heavy atom. The first-order valence-electron chi connectivity index (χ1n) is 6.61. The van der Waals surface area contributed by atoms with Crippen LogP contribution in [0.3, 0.4) is 0 Å². The van der Waals surface area contributed by atoms with Gasteiger partial charge in [0.15, 0.2) is 5.76 Å². The third kappa shape index (κ3) is 2.53. The van der Waals surface area contributed by atoms with E-state index in [-0.39, 0.29) is 5.78 Å². The molecule has 0 aliphatic carbocycles. The van der Waals surface area contributed by atoms with Crippen molar-refractivity contribution in [2.24, 2.45) is 5.73 Å². The van der Waals surface area contributed by atoms with E-state index in [4.69, 9.17) is 19.6 Å². The largest absolute Gasteiger partial charge is 0.463 e. The molecule has 1 saturated heterocycles. The SMILES string of the molecule is COC1(C(=O)c2scnc2-c2ccco2)CCOC(N)C1. The molecule has 0 radical (unpaired) electrons. The number of nitrogens with two attached hydrogens (primary N) is 1. The first kappa shape index (κ1) is 14.4. The van der Waals surface area contributed by atoms with Gasteiger partial charge in [-0.2, -0.15) is 0 Å². The van der Waals surface area contributed by atoms with E-state index < -0.39 is 11.8 Å². The number of aromatic nitrogens is 1. The number of nitrogens with zero attached hydrogens (tertiary/aromatic N) is 1. The normalized spacial score (nSPS) is 25.9. The molecular formula is C14H16N2O4S. The fourth-order valence-electron chi connectivity index (χ4n) is 2.55. The minimum Gasteiger partial charge on any atom is -0.463 e. The first-order chi connectivity index (χ1) is 10.2. The molecule has 2 atom stereocenters. The van der Waals surface area contributed by atoms with Crippen LogP contribution < -0.4 is 5.73 Å². The van der Waals surface area contributed by atoms with Crippen molar-refractivity contribution in [1.82, 2.24) is 4.98 Å². The van der Waals surface area contributed by atoms with E-state index in [0.29, 0.717) is 35.8 Å².